The molecule has 0 aromatic carbocycles. The highest BCUT2D eigenvalue weighted by Gasteiger charge is 2.39. The van der Waals surface area contributed by atoms with Gasteiger partial charge in [-0.2, -0.15) is 0 Å². The van der Waals surface area contributed by atoms with Gasteiger partial charge in [-0.3, -0.25) is 4.79 Å². The Morgan fingerprint density at radius 3 is 2.40 bits per heavy atom. The van der Waals surface area contributed by atoms with E-state index >= 15 is 0 Å². The Kier molecular flexibility index (Phi) is 2.65. The molecule has 0 aromatic rings. The van der Waals surface area contributed by atoms with E-state index in [1.54, 1.807) is 0 Å². The zero-order valence-electron chi connectivity index (χ0n) is 8.60. The third-order valence-electron chi connectivity index (χ3n) is 3.02. The molecule has 5 nitrogen and oxygen atoms in total. The molecule has 0 bridgehead atoms. The van der Waals surface area contributed by atoms with E-state index < -0.39 is 18.2 Å². The fourth-order valence-electron chi connectivity index (χ4n) is 1.81. The van der Waals surface area contributed by atoms with Gasteiger partial charge in [0, 0.05) is 6.04 Å². The summed E-state index contributed by atoms with van der Waals surface area (Å²) < 4.78 is 5.14. The monoisotopic (exact) mass is 213 g/mol. The summed E-state index contributed by atoms with van der Waals surface area (Å²) in [7, 11) is 0. The first-order valence-corrected chi connectivity index (χ1v) is 5.26. The van der Waals surface area contributed by atoms with Crippen molar-refractivity contribution >= 4 is 11.9 Å². The van der Waals surface area contributed by atoms with Gasteiger partial charge in [0.15, 0.2) is 6.10 Å². The number of aliphatic carboxylic acids is 1. The molecule has 1 saturated heterocycles. The SMILES string of the molecule is CC1CC1NC(=O)C1CCC(C(=O)O)O1. The van der Waals surface area contributed by atoms with Gasteiger partial charge < -0.3 is 15.2 Å². The van der Waals surface area contributed by atoms with E-state index in [0.717, 1.165) is 6.42 Å². The molecule has 2 N–H and O–H groups in total. The van der Waals surface area contributed by atoms with Crippen LogP contribution in [0.5, 0.6) is 0 Å². The van der Waals surface area contributed by atoms with Crippen molar-refractivity contribution in [2.24, 2.45) is 5.92 Å². The summed E-state index contributed by atoms with van der Waals surface area (Å²) in [5.74, 6) is -0.594. The minimum absolute atomic E-state index is 0.159. The van der Waals surface area contributed by atoms with Crippen LogP contribution in [0.15, 0.2) is 0 Å². The van der Waals surface area contributed by atoms with E-state index in [1.807, 2.05) is 0 Å². The molecule has 0 radical (unpaired) electrons. The minimum atomic E-state index is -0.981. The van der Waals surface area contributed by atoms with Gasteiger partial charge in [-0.15, -0.1) is 0 Å². The van der Waals surface area contributed by atoms with Gasteiger partial charge in [-0.25, -0.2) is 4.79 Å². The quantitative estimate of drug-likeness (QED) is 0.699. The molecule has 2 rings (SSSR count). The molecular weight excluding hydrogens is 198 g/mol. The lowest BCUT2D eigenvalue weighted by Gasteiger charge is -2.11. The Morgan fingerprint density at radius 2 is 1.93 bits per heavy atom. The van der Waals surface area contributed by atoms with Crippen LogP contribution in [0.4, 0.5) is 0 Å². The Labute approximate surface area is 87.8 Å². The van der Waals surface area contributed by atoms with Gasteiger partial charge >= 0.3 is 5.97 Å². The predicted octanol–water partition coefficient (Wildman–Crippen LogP) is 0.143. The van der Waals surface area contributed by atoms with E-state index in [-0.39, 0.29) is 11.9 Å². The zero-order chi connectivity index (χ0) is 11.0. The summed E-state index contributed by atoms with van der Waals surface area (Å²) in [5, 5.41) is 11.5. The number of amides is 1. The molecule has 2 fully saturated rings. The highest BCUT2D eigenvalue weighted by molar-refractivity contribution is 5.83. The predicted molar refractivity (Wildman–Crippen MR) is 51.2 cm³/mol. The third kappa shape index (κ3) is 2.28. The van der Waals surface area contributed by atoms with Gasteiger partial charge in [0.05, 0.1) is 0 Å². The van der Waals surface area contributed by atoms with Crippen molar-refractivity contribution in [3.63, 3.8) is 0 Å². The number of nitrogens with one attached hydrogen (secondary N) is 1. The Balaban J connectivity index is 1.80. The van der Waals surface area contributed by atoms with Gasteiger partial charge in [-0.05, 0) is 25.2 Å². The maximum Gasteiger partial charge on any atom is 0.332 e. The number of carbonyl (C=O) groups is 2. The topological polar surface area (TPSA) is 75.6 Å². The second-order valence-corrected chi connectivity index (χ2v) is 4.36. The van der Waals surface area contributed by atoms with Crippen LogP contribution < -0.4 is 5.32 Å². The molecule has 1 saturated carbocycles. The van der Waals surface area contributed by atoms with Gasteiger partial charge in [-0.1, -0.05) is 6.92 Å². The lowest BCUT2D eigenvalue weighted by molar-refractivity contribution is -0.151. The summed E-state index contributed by atoms with van der Waals surface area (Å²) in [6, 6.07) is 0.268. The lowest BCUT2D eigenvalue weighted by Crippen LogP contribution is -2.37. The van der Waals surface area contributed by atoms with Crippen molar-refractivity contribution in [1.82, 2.24) is 5.32 Å². The van der Waals surface area contributed by atoms with Crippen molar-refractivity contribution in [3.05, 3.63) is 0 Å². The third-order valence-corrected chi connectivity index (χ3v) is 3.02. The maximum atomic E-state index is 11.6. The first kappa shape index (κ1) is 10.4. The standard InChI is InChI=1S/C10H15NO4/c1-5-4-6(5)11-9(12)7-2-3-8(15-7)10(13)14/h5-8H,2-4H2,1H3,(H,11,12)(H,13,14). The molecule has 84 valence electrons. The second kappa shape index (κ2) is 3.81. The zero-order valence-corrected chi connectivity index (χ0v) is 8.60. The Morgan fingerprint density at radius 1 is 1.33 bits per heavy atom. The number of carbonyl (C=O) groups excluding carboxylic acids is 1. The average molecular weight is 213 g/mol. The number of hydrogen-bond donors (Lipinski definition) is 2. The molecule has 1 aliphatic heterocycles. The van der Waals surface area contributed by atoms with Crippen LogP contribution in [0, 0.1) is 5.92 Å². The van der Waals surface area contributed by atoms with Crippen LogP contribution >= 0.6 is 0 Å². The molecule has 5 heteroatoms. The molecule has 4 atom stereocenters. The normalized spacial score (nSPS) is 38.7. The van der Waals surface area contributed by atoms with Crippen molar-refractivity contribution in [2.75, 3.05) is 0 Å². The summed E-state index contributed by atoms with van der Waals surface area (Å²) in [6.07, 6.45) is 0.564. The van der Waals surface area contributed by atoms with Crippen LogP contribution in [-0.2, 0) is 14.3 Å². The molecule has 1 amide bonds. The Hall–Kier alpha value is -1.10. The van der Waals surface area contributed by atoms with Gasteiger partial charge in [0.25, 0.3) is 0 Å². The lowest BCUT2D eigenvalue weighted by atomic mass is 10.2. The summed E-state index contributed by atoms with van der Waals surface area (Å²) in [6.45, 7) is 2.07. The summed E-state index contributed by atoms with van der Waals surface area (Å²) in [5.41, 5.74) is 0. The van der Waals surface area contributed by atoms with Gasteiger partial charge in [0.1, 0.15) is 6.10 Å². The van der Waals surface area contributed by atoms with Crippen molar-refractivity contribution in [2.45, 2.75) is 44.4 Å². The number of carboxylic acids is 1. The molecule has 15 heavy (non-hydrogen) atoms. The van der Waals surface area contributed by atoms with Crippen LogP contribution in [0.3, 0.4) is 0 Å². The largest absolute Gasteiger partial charge is 0.479 e. The summed E-state index contributed by atoms with van der Waals surface area (Å²) >= 11 is 0. The number of ether oxygens (including phenoxy) is 1. The van der Waals surface area contributed by atoms with Crippen LogP contribution in [0.2, 0.25) is 0 Å². The molecule has 1 heterocycles. The van der Waals surface area contributed by atoms with E-state index in [4.69, 9.17) is 9.84 Å². The van der Waals surface area contributed by atoms with Crippen LogP contribution in [-0.4, -0.2) is 35.2 Å². The van der Waals surface area contributed by atoms with E-state index in [0.29, 0.717) is 18.8 Å². The minimum Gasteiger partial charge on any atom is -0.479 e. The van der Waals surface area contributed by atoms with E-state index in [9.17, 15) is 9.59 Å². The molecule has 0 spiro atoms. The number of hydrogen-bond acceptors (Lipinski definition) is 3. The first-order valence-electron chi connectivity index (χ1n) is 5.26. The molecular formula is C10H15NO4. The molecule has 0 aromatic heterocycles. The molecule has 2 aliphatic rings. The van der Waals surface area contributed by atoms with Crippen LogP contribution in [0.1, 0.15) is 26.2 Å². The first-order chi connectivity index (χ1) is 7.08. The van der Waals surface area contributed by atoms with Crippen molar-refractivity contribution < 1.29 is 19.4 Å². The summed E-state index contributed by atoms with van der Waals surface area (Å²) in [4.78, 5) is 22.2. The fraction of sp³-hybridized carbons (Fsp3) is 0.800. The smallest absolute Gasteiger partial charge is 0.332 e. The molecule has 1 aliphatic carbocycles. The maximum absolute atomic E-state index is 11.6. The fourth-order valence-corrected chi connectivity index (χ4v) is 1.81. The highest BCUT2D eigenvalue weighted by atomic mass is 16.5. The van der Waals surface area contributed by atoms with E-state index in [1.165, 1.54) is 0 Å². The van der Waals surface area contributed by atoms with Crippen LogP contribution in [0.25, 0.3) is 0 Å². The number of rotatable bonds is 3. The van der Waals surface area contributed by atoms with Gasteiger partial charge in [0.2, 0.25) is 5.91 Å². The number of carboxylic acid groups (broad SMARTS) is 1. The van der Waals surface area contributed by atoms with Crippen molar-refractivity contribution in [1.29, 1.82) is 0 Å². The molecule has 4 unspecified atom stereocenters. The highest BCUT2D eigenvalue weighted by Crippen LogP contribution is 2.30. The van der Waals surface area contributed by atoms with E-state index in [2.05, 4.69) is 12.2 Å². The average Bonchev–Trinajstić information content (AvgIpc) is 2.71. The Bertz CT molecular complexity index is 291. The van der Waals surface area contributed by atoms with Crippen molar-refractivity contribution in [3.8, 4) is 0 Å². The second-order valence-electron chi connectivity index (χ2n) is 4.36.